The topological polar surface area (TPSA) is 34.2 Å². The minimum absolute atomic E-state index is 0.234. The highest BCUT2D eigenvalue weighted by Crippen LogP contribution is 2.07. The van der Waals surface area contributed by atoms with Crippen LogP contribution in [0.2, 0.25) is 0 Å². The van der Waals surface area contributed by atoms with Crippen LogP contribution in [0.1, 0.15) is 5.69 Å². The van der Waals surface area contributed by atoms with E-state index >= 15 is 0 Å². The summed E-state index contributed by atoms with van der Waals surface area (Å²) in [5.41, 5.74) is 1.21. The second-order valence-corrected chi connectivity index (χ2v) is 2.97. The lowest BCUT2D eigenvalue weighted by molar-refractivity contribution is -0.0874. The number of rotatable bonds is 2. The van der Waals surface area contributed by atoms with Crippen molar-refractivity contribution in [1.82, 2.24) is 4.98 Å². The number of H-pyrrole nitrogens is 1. The molecule has 3 heteroatoms. The van der Waals surface area contributed by atoms with Crippen LogP contribution in [0.15, 0.2) is 18.3 Å². The van der Waals surface area contributed by atoms with Crippen LogP contribution in [-0.4, -0.2) is 30.9 Å². The predicted octanol–water partition coefficient (Wildman–Crippen LogP) is 0.973. The number of hydrogen-bond acceptors (Lipinski definition) is 2. The number of ether oxygens (including phenoxy) is 2. The molecule has 2 rings (SSSR count). The van der Waals surface area contributed by atoms with Gasteiger partial charge in [-0.1, -0.05) is 0 Å². The van der Waals surface area contributed by atoms with E-state index in [0.717, 1.165) is 26.2 Å². The molecule has 3 nitrogen and oxygen atoms in total. The fourth-order valence-electron chi connectivity index (χ4n) is 1.39. The summed E-state index contributed by atoms with van der Waals surface area (Å²) < 4.78 is 10.8. The first-order chi connectivity index (χ1) is 5.95. The molecule has 1 N–H and O–H groups in total. The predicted molar refractivity (Wildman–Crippen MR) is 45.1 cm³/mol. The zero-order valence-electron chi connectivity index (χ0n) is 6.95. The zero-order chi connectivity index (χ0) is 8.23. The summed E-state index contributed by atoms with van der Waals surface area (Å²) >= 11 is 0. The second-order valence-electron chi connectivity index (χ2n) is 2.97. The van der Waals surface area contributed by atoms with E-state index < -0.39 is 0 Å². The molecule has 0 aliphatic carbocycles. The molecule has 66 valence electrons. The molecule has 1 fully saturated rings. The molecule has 1 unspecified atom stereocenters. The number of aromatic amines is 1. The Morgan fingerprint density at radius 2 is 2.50 bits per heavy atom. The van der Waals surface area contributed by atoms with Gasteiger partial charge in [0.05, 0.1) is 25.9 Å². The Morgan fingerprint density at radius 3 is 3.17 bits per heavy atom. The van der Waals surface area contributed by atoms with Gasteiger partial charge in [-0.15, -0.1) is 0 Å². The lowest BCUT2D eigenvalue weighted by Gasteiger charge is -2.22. The van der Waals surface area contributed by atoms with Gasteiger partial charge in [-0.25, -0.2) is 0 Å². The highest BCUT2D eigenvalue weighted by Gasteiger charge is 2.14. The maximum atomic E-state index is 5.51. The van der Waals surface area contributed by atoms with Crippen LogP contribution in [0.25, 0.3) is 0 Å². The van der Waals surface area contributed by atoms with Gasteiger partial charge >= 0.3 is 0 Å². The van der Waals surface area contributed by atoms with Crippen LogP contribution in [-0.2, 0) is 15.9 Å². The molecular weight excluding hydrogens is 154 g/mol. The highest BCUT2D eigenvalue weighted by atomic mass is 16.6. The van der Waals surface area contributed by atoms with Crippen LogP contribution < -0.4 is 0 Å². The smallest absolute Gasteiger partial charge is 0.0864 e. The molecule has 0 radical (unpaired) electrons. The van der Waals surface area contributed by atoms with E-state index in [1.54, 1.807) is 0 Å². The van der Waals surface area contributed by atoms with E-state index in [1.807, 2.05) is 12.3 Å². The number of hydrogen-bond donors (Lipinski definition) is 1. The van der Waals surface area contributed by atoms with Gasteiger partial charge in [-0.3, -0.25) is 0 Å². The van der Waals surface area contributed by atoms with Crippen molar-refractivity contribution >= 4 is 0 Å². The van der Waals surface area contributed by atoms with Crippen LogP contribution in [0, 0.1) is 0 Å². The molecule has 1 saturated heterocycles. The Hall–Kier alpha value is -0.800. The molecular formula is C9H13NO2. The van der Waals surface area contributed by atoms with Crippen LogP contribution in [0.4, 0.5) is 0 Å². The Kier molecular flexibility index (Phi) is 2.44. The molecule has 0 saturated carbocycles. The van der Waals surface area contributed by atoms with E-state index in [1.165, 1.54) is 5.69 Å². The van der Waals surface area contributed by atoms with Crippen molar-refractivity contribution in [3.63, 3.8) is 0 Å². The largest absolute Gasteiger partial charge is 0.376 e. The third kappa shape index (κ3) is 1.87. The Labute approximate surface area is 71.7 Å². The van der Waals surface area contributed by atoms with Gasteiger partial charge in [0, 0.05) is 18.3 Å². The first-order valence-corrected chi connectivity index (χ1v) is 4.27. The van der Waals surface area contributed by atoms with Gasteiger partial charge in [0.15, 0.2) is 0 Å². The maximum absolute atomic E-state index is 5.51. The first kappa shape index (κ1) is 7.83. The van der Waals surface area contributed by atoms with E-state index in [-0.39, 0.29) is 6.10 Å². The van der Waals surface area contributed by atoms with Gasteiger partial charge in [0.25, 0.3) is 0 Å². The first-order valence-electron chi connectivity index (χ1n) is 4.27. The number of nitrogens with one attached hydrogen (secondary N) is 1. The standard InChI is InChI=1S/C9H13NO2/c1-2-8(10-3-1)6-9-7-11-4-5-12-9/h1-3,9-10H,4-7H2. The van der Waals surface area contributed by atoms with Crippen molar-refractivity contribution in [2.45, 2.75) is 12.5 Å². The van der Waals surface area contributed by atoms with E-state index in [9.17, 15) is 0 Å². The Bertz CT molecular complexity index is 214. The van der Waals surface area contributed by atoms with Crippen molar-refractivity contribution in [2.75, 3.05) is 19.8 Å². The quantitative estimate of drug-likeness (QED) is 0.712. The average Bonchev–Trinajstić information content (AvgIpc) is 2.59. The fraction of sp³-hybridized carbons (Fsp3) is 0.556. The van der Waals surface area contributed by atoms with Crippen molar-refractivity contribution in [3.05, 3.63) is 24.0 Å². The van der Waals surface area contributed by atoms with Crippen molar-refractivity contribution in [2.24, 2.45) is 0 Å². The third-order valence-corrected chi connectivity index (χ3v) is 1.99. The molecule has 0 spiro atoms. The van der Waals surface area contributed by atoms with Crippen LogP contribution >= 0.6 is 0 Å². The maximum Gasteiger partial charge on any atom is 0.0864 e. The van der Waals surface area contributed by atoms with Crippen molar-refractivity contribution < 1.29 is 9.47 Å². The van der Waals surface area contributed by atoms with Crippen molar-refractivity contribution in [1.29, 1.82) is 0 Å². The third-order valence-electron chi connectivity index (χ3n) is 1.99. The molecule has 1 aromatic rings. The van der Waals surface area contributed by atoms with Crippen LogP contribution in [0.5, 0.6) is 0 Å². The molecule has 0 aromatic carbocycles. The van der Waals surface area contributed by atoms with Gasteiger partial charge < -0.3 is 14.5 Å². The van der Waals surface area contributed by atoms with E-state index in [0.29, 0.717) is 0 Å². The monoisotopic (exact) mass is 167 g/mol. The molecule has 2 heterocycles. The minimum atomic E-state index is 0.234. The zero-order valence-corrected chi connectivity index (χ0v) is 6.95. The lowest BCUT2D eigenvalue weighted by Crippen LogP contribution is -2.30. The molecule has 12 heavy (non-hydrogen) atoms. The number of aromatic nitrogens is 1. The van der Waals surface area contributed by atoms with E-state index in [2.05, 4.69) is 11.1 Å². The van der Waals surface area contributed by atoms with Gasteiger partial charge in [-0.05, 0) is 12.1 Å². The van der Waals surface area contributed by atoms with Crippen molar-refractivity contribution in [3.8, 4) is 0 Å². The summed E-state index contributed by atoms with van der Waals surface area (Å²) in [7, 11) is 0. The van der Waals surface area contributed by atoms with Gasteiger partial charge in [0.2, 0.25) is 0 Å². The van der Waals surface area contributed by atoms with Gasteiger partial charge in [0.1, 0.15) is 0 Å². The summed E-state index contributed by atoms with van der Waals surface area (Å²) in [6.45, 7) is 2.19. The SMILES string of the molecule is c1c[nH]c(CC2COCCO2)c1. The normalized spacial score (nSPS) is 24.2. The summed E-state index contributed by atoms with van der Waals surface area (Å²) in [5, 5.41) is 0. The van der Waals surface area contributed by atoms with Gasteiger partial charge in [-0.2, -0.15) is 0 Å². The minimum Gasteiger partial charge on any atom is -0.376 e. The molecule has 1 aromatic heterocycles. The molecule has 1 atom stereocenters. The molecule has 1 aliphatic heterocycles. The summed E-state index contributed by atoms with van der Waals surface area (Å²) in [6.07, 6.45) is 3.09. The molecule has 1 aliphatic rings. The second kappa shape index (κ2) is 3.74. The molecule has 0 amide bonds. The van der Waals surface area contributed by atoms with E-state index in [4.69, 9.17) is 9.47 Å². The Morgan fingerprint density at radius 1 is 1.50 bits per heavy atom. The average molecular weight is 167 g/mol. The van der Waals surface area contributed by atoms with Crippen LogP contribution in [0.3, 0.4) is 0 Å². The molecule has 0 bridgehead atoms. The lowest BCUT2D eigenvalue weighted by atomic mass is 10.2. The fourth-order valence-corrected chi connectivity index (χ4v) is 1.39. The highest BCUT2D eigenvalue weighted by molar-refractivity contribution is 5.04. The summed E-state index contributed by atoms with van der Waals surface area (Å²) in [4.78, 5) is 3.15. The Balaban J connectivity index is 1.86. The summed E-state index contributed by atoms with van der Waals surface area (Å²) in [6, 6.07) is 4.07. The summed E-state index contributed by atoms with van der Waals surface area (Å²) in [5.74, 6) is 0.